The van der Waals surface area contributed by atoms with Crippen molar-refractivity contribution >= 4 is 28.7 Å². The third-order valence-corrected chi connectivity index (χ3v) is 11.1. The maximum atomic E-state index is 13.9. The highest BCUT2D eigenvalue weighted by Crippen LogP contribution is 2.36. The molecule has 2 aliphatic heterocycles. The fourth-order valence-corrected chi connectivity index (χ4v) is 7.90. The van der Waals surface area contributed by atoms with Gasteiger partial charge in [-0.15, -0.1) is 0 Å². The topological polar surface area (TPSA) is 195 Å². The van der Waals surface area contributed by atoms with Crippen LogP contribution >= 0.6 is 0 Å². The number of nitrogens with one attached hydrogen (secondary N) is 3. The number of pyridine rings is 1. The van der Waals surface area contributed by atoms with E-state index < -0.39 is 24.3 Å². The lowest BCUT2D eigenvalue weighted by Gasteiger charge is -2.28. The Morgan fingerprint density at radius 2 is 1.37 bits per heavy atom. The van der Waals surface area contributed by atoms with Crippen LogP contribution in [0.4, 0.5) is 4.79 Å². The summed E-state index contributed by atoms with van der Waals surface area (Å²) in [5, 5.41) is 14.6. The van der Waals surface area contributed by atoms with Gasteiger partial charge in [0.15, 0.2) is 0 Å². The number of nitrogens with zero attached hydrogens (tertiary/aromatic N) is 5. The van der Waals surface area contributed by atoms with Crippen molar-refractivity contribution in [3.63, 3.8) is 0 Å². The molecule has 14 heteroatoms. The van der Waals surface area contributed by atoms with E-state index in [1.165, 1.54) is 14.0 Å². The molecule has 2 aliphatic rings. The Bertz CT molecular complexity index is 2390. The van der Waals surface area contributed by atoms with Crippen LogP contribution in [0.5, 0.6) is 0 Å². The molecule has 2 saturated heterocycles. The number of nitrogens with two attached hydrogens (primary N) is 1. The number of rotatable bonds is 10. The predicted molar refractivity (Wildman–Crippen MR) is 214 cm³/mol. The number of imidazole rings is 2. The quantitative estimate of drug-likeness (QED) is 0.114. The third-order valence-electron chi connectivity index (χ3n) is 11.1. The van der Waals surface area contributed by atoms with Gasteiger partial charge >= 0.3 is 6.09 Å². The first kappa shape index (κ1) is 37.5. The van der Waals surface area contributed by atoms with E-state index in [1.807, 2.05) is 66.9 Å². The smallest absolute Gasteiger partial charge is 0.407 e. The van der Waals surface area contributed by atoms with Crippen molar-refractivity contribution in [1.29, 1.82) is 0 Å². The summed E-state index contributed by atoms with van der Waals surface area (Å²) < 4.78 is 4.83. The summed E-state index contributed by atoms with van der Waals surface area (Å²) in [4.78, 5) is 63.5. The van der Waals surface area contributed by atoms with E-state index in [0.717, 1.165) is 70.2 Å². The number of H-pyrrole nitrogens is 2. The summed E-state index contributed by atoms with van der Waals surface area (Å²) in [7, 11) is 1.28. The van der Waals surface area contributed by atoms with E-state index in [1.54, 1.807) is 22.2 Å². The van der Waals surface area contributed by atoms with Crippen LogP contribution in [0, 0.1) is 0 Å². The summed E-state index contributed by atoms with van der Waals surface area (Å²) in [6.07, 6.45) is 7.02. The zero-order valence-corrected chi connectivity index (χ0v) is 31.8. The van der Waals surface area contributed by atoms with Gasteiger partial charge in [-0.05, 0) is 61.3 Å². The average molecular weight is 768 g/mol. The highest BCUT2D eigenvalue weighted by atomic mass is 16.5. The number of aliphatic hydroxyl groups excluding tert-OH is 1. The molecule has 0 saturated carbocycles. The SMILES string of the molecule is COC(=O)N[C@@H](C(=O)N1CCC[C@H]1c1ncc(-c2ccc3cc(-c4ccc(-c5cnc([C@@H]6CCCN6C(=O)[C@@H](N)[C@@H](C)O)[nH]5)cc4)ncc3c2)[nH]1)c1ccccc1. The summed E-state index contributed by atoms with van der Waals surface area (Å²) in [6, 6.07) is 23.2. The van der Waals surface area contributed by atoms with E-state index in [9.17, 15) is 19.5 Å². The van der Waals surface area contributed by atoms with Crippen molar-refractivity contribution < 1.29 is 24.2 Å². The first-order valence-electron chi connectivity index (χ1n) is 19.2. The van der Waals surface area contributed by atoms with Crippen molar-refractivity contribution in [2.24, 2.45) is 5.73 Å². The molecular weight excluding hydrogens is 723 g/mol. The van der Waals surface area contributed by atoms with Crippen molar-refractivity contribution in [2.45, 2.75) is 62.9 Å². The Balaban J connectivity index is 0.955. The number of carbonyl (C=O) groups excluding carboxylic acids is 3. The lowest BCUT2D eigenvalue weighted by molar-refractivity contribution is -0.136. The minimum Gasteiger partial charge on any atom is -0.453 e. The van der Waals surface area contributed by atoms with Crippen LogP contribution in [0.15, 0.2) is 97.5 Å². The van der Waals surface area contributed by atoms with Gasteiger partial charge in [-0.3, -0.25) is 14.6 Å². The highest BCUT2D eigenvalue weighted by molar-refractivity contribution is 5.89. The molecule has 6 N–H and O–H groups in total. The molecule has 8 rings (SSSR count). The monoisotopic (exact) mass is 767 g/mol. The predicted octanol–water partition coefficient (Wildman–Crippen LogP) is 5.81. The van der Waals surface area contributed by atoms with Crippen LogP contribution in [-0.4, -0.2) is 90.1 Å². The van der Waals surface area contributed by atoms with Crippen LogP contribution in [0.25, 0.3) is 44.5 Å². The molecule has 0 bridgehead atoms. The minimum absolute atomic E-state index is 0.210. The molecule has 6 aromatic rings. The number of carbonyl (C=O) groups is 3. The van der Waals surface area contributed by atoms with Crippen LogP contribution in [0.2, 0.25) is 0 Å². The molecule has 0 unspecified atom stereocenters. The van der Waals surface area contributed by atoms with E-state index in [-0.39, 0.29) is 23.9 Å². The Labute approximate surface area is 329 Å². The lowest BCUT2D eigenvalue weighted by Crippen LogP contribution is -2.49. The first-order valence-corrected chi connectivity index (χ1v) is 19.2. The molecule has 57 heavy (non-hydrogen) atoms. The standard InChI is InChI=1S/C43H45N9O5/c1-25(53)37(44)41(54)51-18-6-10-35(51)39-46-23-33(48-39)27-14-12-26(13-15-27)32-21-29-16-17-30(20-31(29)22-45-32)34-24-47-40(49-34)36-11-7-19-52(36)42(55)38(50-43(56)57-2)28-8-4-3-5-9-28/h3-5,8-9,12-17,20-25,35-38,53H,6-7,10-11,18-19,44H2,1-2H3,(H,46,48)(H,47,49)(H,50,56)/t25-,35+,36+,37+,38-/m1/s1. The van der Waals surface area contributed by atoms with Gasteiger partial charge in [0, 0.05) is 35.8 Å². The summed E-state index contributed by atoms with van der Waals surface area (Å²) in [5.74, 6) is 0.913. The number of hydrogen-bond donors (Lipinski definition) is 5. The van der Waals surface area contributed by atoms with Crippen LogP contribution < -0.4 is 11.1 Å². The van der Waals surface area contributed by atoms with Gasteiger partial charge in [0.05, 0.1) is 54.8 Å². The normalized spacial score (nSPS) is 18.4. The van der Waals surface area contributed by atoms with Crippen LogP contribution in [-0.2, 0) is 14.3 Å². The molecule has 0 aliphatic carbocycles. The number of fused-ring (bicyclic) bond motifs is 1. The Kier molecular flexibility index (Phi) is 10.5. The van der Waals surface area contributed by atoms with Crippen molar-refractivity contribution in [3.05, 3.63) is 115 Å². The molecule has 3 amide bonds. The second-order valence-electron chi connectivity index (χ2n) is 14.7. The number of aromatic nitrogens is 5. The molecule has 2 fully saturated rings. The van der Waals surface area contributed by atoms with Gasteiger partial charge in [-0.25, -0.2) is 14.8 Å². The van der Waals surface area contributed by atoms with E-state index in [0.29, 0.717) is 30.3 Å². The summed E-state index contributed by atoms with van der Waals surface area (Å²) >= 11 is 0. The summed E-state index contributed by atoms with van der Waals surface area (Å²) in [5.41, 5.74) is 12.0. The lowest BCUT2D eigenvalue weighted by atomic mass is 10.0. The van der Waals surface area contributed by atoms with E-state index >= 15 is 0 Å². The molecule has 5 atom stereocenters. The molecule has 14 nitrogen and oxygen atoms in total. The number of benzene rings is 3. The maximum absolute atomic E-state index is 13.9. The molecule has 0 spiro atoms. The number of aromatic amines is 2. The number of ether oxygens (including phenoxy) is 1. The molecule has 0 radical (unpaired) electrons. The van der Waals surface area contributed by atoms with Gasteiger partial charge in [0.1, 0.15) is 23.7 Å². The maximum Gasteiger partial charge on any atom is 0.407 e. The fourth-order valence-electron chi connectivity index (χ4n) is 7.90. The number of hydrogen-bond acceptors (Lipinski definition) is 9. The molecule has 3 aromatic carbocycles. The average Bonchev–Trinajstić information content (AvgIpc) is 4.09. The molecule has 292 valence electrons. The van der Waals surface area contributed by atoms with Crippen molar-refractivity contribution in [3.8, 4) is 33.8 Å². The third kappa shape index (κ3) is 7.61. The van der Waals surface area contributed by atoms with Gasteiger partial charge in [0.2, 0.25) is 5.91 Å². The number of likely N-dealkylation sites (tertiary alicyclic amines) is 2. The number of alkyl carbamates (subject to hydrolysis) is 1. The minimum atomic E-state index is -0.962. The van der Waals surface area contributed by atoms with E-state index in [4.69, 9.17) is 20.4 Å². The van der Waals surface area contributed by atoms with Gasteiger partial charge in [-0.2, -0.15) is 0 Å². The second-order valence-corrected chi connectivity index (χ2v) is 14.7. The fraction of sp³-hybridized carbons (Fsp3) is 0.302. The molecule has 3 aromatic heterocycles. The number of methoxy groups -OCH3 is 1. The zero-order chi connectivity index (χ0) is 39.6. The Hall–Kier alpha value is -6.38. The van der Waals surface area contributed by atoms with Crippen LogP contribution in [0.1, 0.15) is 67.9 Å². The Morgan fingerprint density at radius 3 is 2.00 bits per heavy atom. The molecular formula is C43H45N9O5. The van der Waals surface area contributed by atoms with Gasteiger partial charge in [-0.1, -0.05) is 66.7 Å². The largest absolute Gasteiger partial charge is 0.453 e. The van der Waals surface area contributed by atoms with E-state index in [2.05, 4.69) is 38.5 Å². The zero-order valence-electron chi connectivity index (χ0n) is 31.8. The molecule has 5 heterocycles. The van der Waals surface area contributed by atoms with Gasteiger partial charge in [0.25, 0.3) is 5.91 Å². The number of amides is 3. The first-order chi connectivity index (χ1) is 27.7. The van der Waals surface area contributed by atoms with Crippen LogP contribution in [0.3, 0.4) is 0 Å². The Morgan fingerprint density at radius 1 is 0.772 bits per heavy atom. The summed E-state index contributed by atoms with van der Waals surface area (Å²) in [6.45, 7) is 2.66. The highest BCUT2D eigenvalue weighted by Gasteiger charge is 2.38. The van der Waals surface area contributed by atoms with Gasteiger partial charge < -0.3 is 40.7 Å². The second kappa shape index (κ2) is 16.0. The van der Waals surface area contributed by atoms with Crippen molar-refractivity contribution in [2.75, 3.05) is 20.2 Å². The number of aliphatic hydroxyl groups is 1. The van der Waals surface area contributed by atoms with Crippen molar-refractivity contribution in [1.82, 2.24) is 40.0 Å².